The molecule has 2 heteroatoms. The molecule has 0 amide bonds. The summed E-state index contributed by atoms with van der Waals surface area (Å²) in [6.45, 7) is 12.1. The number of rotatable bonds is 6. The van der Waals surface area contributed by atoms with Gasteiger partial charge in [-0.15, -0.1) is 0 Å². The Morgan fingerprint density at radius 3 is 2.43 bits per heavy atom. The fourth-order valence-electron chi connectivity index (χ4n) is 4.53. The number of hydrogen-bond donors (Lipinski definition) is 1. The minimum Gasteiger partial charge on any atom is -0.311 e. The average Bonchev–Trinajstić information content (AvgIpc) is 2.54. The lowest BCUT2D eigenvalue weighted by Gasteiger charge is -2.49. The zero-order chi connectivity index (χ0) is 15.2. The van der Waals surface area contributed by atoms with Crippen molar-refractivity contribution in [3.05, 3.63) is 0 Å². The number of nitrogens with zero attached hydrogens (tertiary/aromatic N) is 1. The van der Waals surface area contributed by atoms with Crippen LogP contribution in [0.1, 0.15) is 79.1 Å². The summed E-state index contributed by atoms with van der Waals surface area (Å²) < 4.78 is 0. The molecule has 124 valence electrons. The molecule has 0 aromatic rings. The van der Waals surface area contributed by atoms with Crippen LogP contribution in [0.4, 0.5) is 0 Å². The molecule has 1 saturated carbocycles. The fourth-order valence-corrected chi connectivity index (χ4v) is 4.53. The number of nitrogens with one attached hydrogen (secondary N) is 1. The maximum Gasteiger partial charge on any atom is 0.0252 e. The topological polar surface area (TPSA) is 15.3 Å². The van der Waals surface area contributed by atoms with Gasteiger partial charge in [-0.05, 0) is 38.0 Å². The van der Waals surface area contributed by atoms with E-state index in [9.17, 15) is 0 Å². The number of hydrogen-bond acceptors (Lipinski definition) is 2. The van der Waals surface area contributed by atoms with Gasteiger partial charge in [-0.1, -0.05) is 52.9 Å². The lowest BCUT2D eigenvalue weighted by atomic mass is 9.80. The van der Waals surface area contributed by atoms with Crippen molar-refractivity contribution in [2.45, 2.75) is 97.2 Å². The molecule has 4 unspecified atom stereocenters. The van der Waals surface area contributed by atoms with Gasteiger partial charge in [0.2, 0.25) is 0 Å². The van der Waals surface area contributed by atoms with Gasteiger partial charge in [-0.3, -0.25) is 4.90 Å². The minimum absolute atomic E-state index is 0.703. The van der Waals surface area contributed by atoms with Crippen molar-refractivity contribution < 1.29 is 0 Å². The lowest BCUT2D eigenvalue weighted by molar-refractivity contribution is 0.0275. The summed E-state index contributed by atoms with van der Waals surface area (Å²) in [6, 6.07) is 2.26. The molecule has 0 radical (unpaired) electrons. The molecule has 0 bridgehead atoms. The molecular formula is C19H38N2. The molecule has 21 heavy (non-hydrogen) atoms. The Morgan fingerprint density at radius 1 is 1.10 bits per heavy atom. The van der Waals surface area contributed by atoms with E-state index >= 15 is 0 Å². The van der Waals surface area contributed by atoms with Crippen LogP contribution in [0, 0.1) is 11.8 Å². The smallest absolute Gasteiger partial charge is 0.0252 e. The van der Waals surface area contributed by atoms with Crippen molar-refractivity contribution in [1.82, 2.24) is 10.2 Å². The maximum absolute atomic E-state index is 3.90. The molecule has 1 aliphatic heterocycles. The highest BCUT2D eigenvalue weighted by atomic mass is 15.3. The van der Waals surface area contributed by atoms with Crippen molar-refractivity contribution >= 4 is 0 Å². The summed E-state index contributed by atoms with van der Waals surface area (Å²) in [7, 11) is 0. The van der Waals surface area contributed by atoms with E-state index in [0.29, 0.717) is 6.04 Å². The highest BCUT2D eigenvalue weighted by molar-refractivity contribution is 4.94. The highest BCUT2D eigenvalue weighted by Gasteiger charge is 2.36. The van der Waals surface area contributed by atoms with Crippen LogP contribution in [0.5, 0.6) is 0 Å². The zero-order valence-electron chi connectivity index (χ0n) is 14.9. The van der Waals surface area contributed by atoms with Crippen LogP contribution in [-0.4, -0.2) is 36.1 Å². The van der Waals surface area contributed by atoms with Gasteiger partial charge >= 0.3 is 0 Å². The molecule has 1 N–H and O–H groups in total. The Balaban J connectivity index is 2.03. The van der Waals surface area contributed by atoms with Gasteiger partial charge in [0.1, 0.15) is 0 Å². The van der Waals surface area contributed by atoms with Crippen LogP contribution in [0.15, 0.2) is 0 Å². The average molecular weight is 295 g/mol. The molecule has 2 aliphatic rings. The van der Waals surface area contributed by atoms with Crippen molar-refractivity contribution in [3.8, 4) is 0 Å². The second-order valence-electron chi connectivity index (χ2n) is 7.70. The van der Waals surface area contributed by atoms with Crippen LogP contribution < -0.4 is 5.32 Å². The standard InChI is InChI=1S/C19H38N2/c1-5-10-16(4)21-14-18(15(3)6-2)20-13-19(21)17-11-8-7-9-12-17/h15-20H,5-14H2,1-4H3. The molecular weight excluding hydrogens is 256 g/mol. The first kappa shape index (κ1) is 17.3. The summed E-state index contributed by atoms with van der Waals surface area (Å²) in [5.74, 6) is 1.75. The quantitative estimate of drug-likeness (QED) is 0.779. The molecule has 2 nitrogen and oxygen atoms in total. The molecule has 0 spiro atoms. The summed E-state index contributed by atoms with van der Waals surface area (Å²) >= 11 is 0. The molecule has 1 saturated heterocycles. The first-order valence-electron chi connectivity index (χ1n) is 9.66. The molecule has 1 heterocycles. The van der Waals surface area contributed by atoms with Gasteiger partial charge in [0.15, 0.2) is 0 Å². The Labute approximate surface area is 133 Å². The Kier molecular flexibility index (Phi) is 7.01. The van der Waals surface area contributed by atoms with Crippen molar-refractivity contribution in [2.75, 3.05) is 13.1 Å². The summed E-state index contributed by atoms with van der Waals surface area (Å²) in [5, 5.41) is 3.90. The van der Waals surface area contributed by atoms with Crippen molar-refractivity contribution in [3.63, 3.8) is 0 Å². The molecule has 2 fully saturated rings. The third kappa shape index (κ3) is 4.45. The van der Waals surface area contributed by atoms with Gasteiger partial charge in [-0.25, -0.2) is 0 Å². The predicted octanol–water partition coefficient (Wildman–Crippen LogP) is 4.44. The highest BCUT2D eigenvalue weighted by Crippen LogP contribution is 2.32. The van der Waals surface area contributed by atoms with Crippen LogP contribution in [0.2, 0.25) is 0 Å². The van der Waals surface area contributed by atoms with E-state index in [1.54, 1.807) is 0 Å². The van der Waals surface area contributed by atoms with E-state index < -0.39 is 0 Å². The summed E-state index contributed by atoms with van der Waals surface area (Å²) in [6.07, 6.45) is 11.3. The summed E-state index contributed by atoms with van der Waals surface area (Å²) in [5.41, 5.74) is 0. The second-order valence-corrected chi connectivity index (χ2v) is 7.70. The predicted molar refractivity (Wildman–Crippen MR) is 92.7 cm³/mol. The zero-order valence-corrected chi connectivity index (χ0v) is 14.9. The van der Waals surface area contributed by atoms with E-state index in [1.165, 1.54) is 64.5 Å². The Morgan fingerprint density at radius 2 is 1.81 bits per heavy atom. The van der Waals surface area contributed by atoms with Gasteiger partial charge < -0.3 is 5.32 Å². The van der Waals surface area contributed by atoms with Gasteiger partial charge in [0.05, 0.1) is 0 Å². The second kappa shape index (κ2) is 8.53. The summed E-state index contributed by atoms with van der Waals surface area (Å²) in [4.78, 5) is 2.90. The van der Waals surface area contributed by atoms with Gasteiger partial charge in [0.25, 0.3) is 0 Å². The van der Waals surface area contributed by atoms with E-state index in [0.717, 1.165) is 23.9 Å². The van der Waals surface area contributed by atoms with Crippen LogP contribution >= 0.6 is 0 Å². The molecule has 2 rings (SSSR count). The van der Waals surface area contributed by atoms with Crippen molar-refractivity contribution in [1.29, 1.82) is 0 Å². The molecule has 1 aliphatic carbocycles. The third-order valence-corrected chi connectivity index (χ3v) is 6.22. The first-order chi connectivity index (χ1) is 10.2. The van der Waals surface area contributed by atoms with E-state index in [-0.39, 0.29) is 0 Å². The largest absolute Gasteiger partial charge is 0.311 e. The van der Waals surface area contributed by atoms with Crippen LogP contribution in [-0.2, 0) is 0 Å². The number of piperazine rings is 1. The molecule has 0 aromatic heterocycles. The SMILES string of the molecule is CCCC(C)N1CC(C(C)CC)NCC1C1CCCCC1. The van der Waals surface area contributed by atoms with Gasteiger partial charge in [0, 0.05) is 31.2 Å². The maximum atomic E-state index is 3.90. The van der Waals surface area contributed by atoms with Crippen LogP contribution in [0.25, 0.3) is 0 Å². The Hall–Kier alpha value is -0.0800. The minimum atomic E-state index is 0.703. The van der Waals surface area contributed by atoms with E-state index in [4.69, 9.17) is 0 Å². The first-order valence-corrected chi connectivity index (χ1v) is 9.66. The lowest BCUT2D eigenvalue weighted by Crippen LogP contribution is -2.62. The Bertz CT molecular complexity index is 285. The van der Waals surface area contributed by atoms with Crippen LogP contribution in [0.3, 0.4) is 0 Å². The van der Waals surface area contributed by atoms with Crippen molar-refractivity contribution in [2.24, 2.45) is 11.8 Å². The fraction of sp³-hybridized carbons (Fsp3) is 1.00. The van der Waals surface area contributed by atoms with E-state index in [1.807, 2.05) is 0 Å². The van der Waals surface area contributed by atoms with E-state index in [2.05, 4.69) is 37.9 Å². The third-order valence-electron chi connectivity index (χ3n) is 6.22. The normalized spacial score (nSPS) is 32.0. The van der Waals surface area contributed by atoms with Gasteiger partial charge in [-0.2, -0.15) is 0 Å². The molecule has 4 atom stereocenters. The monoisotopic (exact) mass is 294 g/mol. The molecule has 0 aromatic carbocycles.